The smallest absolute Gasteiger partial charge is 0.261 e. The van der Waals surface area contributed by atoms with E-state index in [1.165, 1.54) is 32.1 Å². The SMILES string of the molecule is Cc1ccsc1C(=O)NC1CCCCCCC1. The van der Waals surface area contributed by atoms with Crippen LogP contribution in [-0.4, -0.2) is 11.9 Å². The fraction of sp³-hybridized carbons (Fsp3) is 0.643. The van der Waals surface area contributed by atoms with Crippen LogP contribution in [0, 0.1) is 6.92 Å². The lowest BCUT2D eigenvalue weighted by Crippen LogP contribution is -2.35. The second-order valence-electron chi connectivity index (χ2n) is 4.95. The van der Waals surface area contributed by atoms with Crippen molar-refractivity contribution in [1.82, 2.24) is 5.32 Å². The van der Waals surface area contributed by atoms with Crippen molar-refractivity contribution in [3.8, 4) is 0 Å². The predicted octanol–water partition coefficient (Wildman–Crippen LogP) is 3.90. The van der Waals surface area contributed by atoms with Crippen LogP contribution in [0.1, 0.15) is 60.2 Å². The Morgan fingerprint density at radius 2 is 1.88 bits per heavy atom. The quantitative estimate of drug-likeness (QED) is 0.848. The first-order chi connectivity index (χ1) is 8.27. The maximum atomic E-state index is 12.1. The molecule has 1 aliphatic carbocycles. The standard InChI is InChI=1S/C14H21NOS/c1-11-9-10-17-13(11)14(16)15-12-7-5-3-2-4-6-8-12/h9-10,12H,2-8H2,1H3,(H,15,16). The van der Waals surface area contributed by atoms with Gasteiger partial charge in [0.1, 0.15) is 0 Å². The maximum absolute atomic E-state index is 12.1. The van der Waals surface area contributed by atoms with Crippen LogP contribution in [0.25, 0.3) is 0 Å². The highest BCUT2D eigenvalue weighted by Gasteiger charge is 2.16. The van der Waals surface area contributed by atoms with Crippen molar-refractivity contribution in [2.75, 3.05) is 0 Å². The summed E-state index contributed by atoms with van der Waals surface area (Å²) >= 11 is 1.54. The molecule has 3 heteroatoms. The van der Waals surface area contributed by atoms with Gasteiger partial charge in [-0.1, -0.05) is 32.1 Å². The minimum Gasteiger partial charge on any atom is -0.349 e. The van der Waals surface area contributed by atoms with Crippen molar-refractivity contribution >= 4 is 17.2 Å². The first-order valence-corrected chi connectivity index (χ1v) is 7.50. The molecule has 0 atom stereocenters. The fourth-order valence-electron chi connectivity index (χ4n) is 2.46. The number of hydrogen-bond acceptors (Lipinski definition) is 2. The summed E-state index contributed by atoms with van der Waals surface area (Å²) in [5.74, 6) is 0.128. The zero-order chi connectivity index (χ0) is 12.1. The monoisotopic (exact) mass is 251 g/mol. The first-order valence-electron chi connectivity index (χ1n) is 6.62. The Kier molecular flexibility index (Phi) is 4.60. The molecule has 0 bridgehead atoms. The van der Waals surface area contributed by atoms with Gasteiger partial charge in [0.15, 0.2) is 0 Å². The number of amides is 1. The molecule has 2 nitrogen and oxygen atoms in total. The van der Waals surface area contributed by atoms with E-state index < -0.39 is 0 Å². The van der Waals surface area contributed by atoms with Gasteiger partial charge < -0.3 is 5.32 Å². The Morgan fingerprint density at radius 3 is 2.47 bits per heavy atom. The highest BCUT2D eigenvalue weighted by atomic mass is 32.1. The fourth-order valence-corrected chi connectivity index (χ4v) is 3.28. The van der Waals surface area contributed by atoms with Crippen molar-refractivity contribution in [3.63, 3.8) is 0 Å². The lowest BCUT2D eigenvalue weighted by molar-refractivity contribution is 0.0934. The van der Waals surface area contributed by atoms with E-state index in [-0.39, 0.29) is 5.91 Å². The van der Waals surface area contributed by atoms with Crippen LogP contribution in [0.3, 0.4) is 0 Å². The molecular weight excluding hydrogens is 230 g/mol. The van der Waals surface area contributed by atoms with E-state index in [4.69, 9.17) is 0 Å². The Hall–Kier alpha value is -0.830. The lowest BCUT2D eigenvalue weighted by atomic mass is 9.96. The third-order valence-corrected chi connectivity index (χ3v) is 4.52. The molecule has 0 spiro atoms. The van der Waals surface area contributed by atoms with E-state index in [1.807, 2.05) is 18.4 Å². The van der Waals surface area contributed by atoms with Gasteiger partial charge in [-0.2, -0.15) is 0 Å². The summed E-state index contributed by atoms with van der Waals surface area (Å²) in [4.78, 5) is 13.0. The Morgan fingerprint density at radius 1 is 1.24 bits per heavy atom. The Labute approximate surface area is 107 Å². The van der Waals surface area contributed by atoms with E-state index >= 15 is 0 Å². The number of carbonyl (C=O) groups is 1. The summed E-state index contributed by atoms with van der Waals surface area (Å²) in [6, 6.07) is 2.40. The van der Waals surface area contributed by atoms with Gasteiger partial charge >= 0.3 is 0 Å². The van der Waals surface area contributed by atoms with E-state index in [2.05, 4.69) is 5.32 Å². The van der Waals surface area contributed by atoms with Gasteiger partial charge in [0.05, 0.1) is 4.88 Å². The maximum Gasteiger partial charge on any atom is 0.261 e. The summed E-state index contributed by atoms with van der Waals surface area (Å²) in [5.41, 5.74) is 1.10. The molecule has 2 rings (SSSR count). The molecule has 1 aromatic rings. The van der Waals surface area contributed by atoms with Crippen LogP contribution >= 0.6 is 11.3 Å². The van der Waals surface area contributed by atoms with Gasteiger partial charge in [-0.15, -0.1) is 11.3 Å². The summed E-state index contributed by atoms with van der Waals surface area (Å²) in [6.45, 7) is 2.00. The summed E-state index contributed by atoms with van der Waals surface area (Å²) in [5, 5.41) is 5.19. The first kappa shape index (κ1) is 12.6. The van der Waals surface area contributed by atoms with Gasteiger partial charge in [-0.25, -0.2) is 0 Å². The third kappa shape index (κ3) is 3.56. The summed E-state index contributed by atoms with van der Waals surface area (Å²) < 4.78 is 0. The highest BCUT2D eigenvalue weighted by Crippen LogP contribution is 2.19. The van der Waals surface area contributed by atoms with Crippen LogP contribution in [0.5, 0.6) is 0 Å². The molecule has 1 aromatic heterocycles. The number of aryl methyl sites for hydroxylation is 1. The van der Waals surface area contributed by atoms with Crippen LogP contribution in [0.15, 0.2) is 11.4 Å². The van der Waals surface area contributed by atoms with Gasteiger partial charge in [-0.05, 0) is 36.8 Å². The molecule has 0 aromatic carbocycles. The van der Waals surface area contributed by atoms with E-state index in [9.17, 15) is 4.79 Å². The highest BCUT2D eigenvalue weighted by molar-refractivity contribution is 7.12. The zero-order valence-electron chi connectivity index (χ0n) is 10.5. The second-order valence-corrected chi connectivity index (χ2v) is 5.86. The van der Waals surface area contributed by atoms with E-state index in [0.29, 0.717) is 6.04 Å². The van der Waals surface area contributed by atoms with Crippen molar-refractivity contribution in [2.45, 2.75) is 57.9 Å². The summed E-state index contributed by atoms with van der Waals surface area (Å²) in [6.07, 6.45) is 8.83. The molecule has 1 N–H and O–H groups in total. The lowest BCUT2D eigenvalue weighted by Gasteiger charge is -2.20. The molecule has 0 radical (unpaired) electrons. The van der Waals surface area contributed by atoms with Crippen LogP contribution in [0.4, 0.5) is 0 Å². The molecule has 1 heterocycles. The van der Waals surface area contributed by atoms with E-state index in [0.717, 1.165) is 23.3 Å². The van der Waals surface area contributed by atoms with E-state index in [1.54, 1.807) is 11.3 Å². The topological polar surface area (TPSA) is 29.1 Å². The molecule has 1 aliphatic rings. The zero-order valence-corrected chi connectivity index (χ0v) is 11.3. The largest absolute Gasteiger partial charge is 0.349 e. The van der Waals surface area contributed by atoms with Gasteiger partial charge in [0.25, 0.3) is 5.91 Å². The molecular formula is C14H21NOS. The Bertz CT molecular complexity index is 364. The average molecular weight is 251 g/mol. The average Bonchev–Trinajstić information content (AvgIpc) is 2.68. The van der Waals surface area contributed by atoms with Gasteiger partial charge in [0.2, 0.25) is 0 Å². The molecule has 0 saturated heterocycles. The van der Waals surface area contributed by atoms with Crippen molar-refractivity contribution in [2.24, 2.45) is 0 Å². The summed E-state index contributed by atoms with van der Waals surface area (Å²) in [7, 11) is 0. The minimum atomic E-state index is 0.128. The Balaban J connectivity index is 1.91. The normalized spacial score (nSPS) is 18.4. The van der Waals surface area contributed by atoms with Gasteiger partial charge in [-0.3, -0.25) is 4.79 Å². The predicted molar refractivity (Wildman–Crippen MR) is 72.6 cm³/mol. The van der Waals surface area contributed by atoms with Crippen molar-refractivity contribution in [3.05, 3.63) is 21.9 Å². The third-order valence-electron chi connectivity index (χ3n) is 3.51. The molecule has 0 aliphatic heterocycles. The van der Waals surface area contributed by atoms with Crippen molar-refractivity contribution in [1.29, 1.82) is 0 Å². The molecule has 17 heavy (non-hydrogen) atoms. The molecule has 94 valence electrons. The van der Waals surface area contributed by atoms with Crippen molar-refractivity contribution < 1.29 is 4.79 Å². The molecule has 1 saturated carbocycles. The van der Waals surface area contributed by atoms with Crippen LogP contribution in [-0.2, 0) is 0 Å². The van der Waals surface area contributed by atoms with Crippen LogP contribution < -0.4 is 5.32 Å². The van der Waals surface area contributed by atoms with Gasteiger partial charge in [0, 0.05) is 6.04 Å². The number of carbonyl (C=O) groups excluding carboxylic acids is 1. The molecule has 1 amide bonds. The number of hydrogen-bond donors (Lipinski definition) is 1. The molecule has 1 fully saturated rings. The second kappa shape index (κ2) is 6.20. The minimum absolute atomic E-state index is 0.128. The molecule has 0 unspecified atom stereocenters. The number of nitrogens with one attached hydrogen (secondary N) is 1. The number of thiophene rings is 1. The van der Waals surface area contributed by atoms with Crippen LogP contribution in [0.2, 0.25) is 0 Å². The number of rotatable bonds is 2.